The summed E-state index contributed by atoms with van der Waals surface area (Å²) in [6.45, 7) is 7.18. The van der Waals surface area contributed by atoms with Crippen molar-refractivity contribution in [3.05, 3.63) is 24.3 Å². The number of unbranched alkanes of at least 4 members (excludes halogenated alkanes) is 10. The van der Waals surface area contributed by atoms with E-state index in [0.29, 0.717) is 0 Å². The second-order valence-electron chi connectivity index (χ2n) is 5.86. The smallest absolute Gasteiger partial charge is 0.340 e. The highest BCUT2D eigenvalue weighted by molar-refractivity contribution is 5.98. The van der Waals surface area contributed by atoms with Gasteiger partial charge in [0.1, 0.15) is 0 Å². The van der Waals surface area contributed by atoms with Crippen molar-refractivity contribution < 1.29 is 14.3 Å². The molecule has 0 bridgehead atoms. The van der Waals surface area contributed by atoms with Crippen LogP contribution in [-0.2, 0) is 14.3 Å². The molecule has 126 valence electrons. The van der Waals surface area contributed by atoms with Gasteiger partial charge >= 0.3 is 11.9 Å². The fraction of sp³-hybridized carbons (Fsp3) is 0.684. The van der Waals surface area contributed by atoms with E-state index < -0.39 is 11.9 Å². The standard InChI is InChI=1S/C19H32O3/c1-4-5-6-7-8-9-10-11-12-13-14-15-16-18(20)22-19(21)17(2)3/h15-16H,2,4-14H2,1,3H3. The quantitative estimate of drug-likeness (QED) is 0.195. The number of allylic oxidation sites excluding steroid dienone is 1. The van der Waals surface area contributed by atoms with Gasteiger partial charge in [0.05, 0.1) is 0 Å². The first-order valence-corrected chi connectivity index (χ1v) is 8.66. The zero-order valence-corrected chi connectivity index (χ0v) is 14.4. The minimum atomic E-state index is -0.659. The maximum absolute atomic E-state index is 11.3. The Bertz CT molecular complexity index is 356. The lowest BCUT2D eigenvalue weighted by atomic mass is 10.1. The van der Waals surface area contributed by atoms with Crippen LogP contribution in [-0.4, -0.2) is 11.9 Å². The Morgan fingerprint density at radius 3 is 1.91 bits per heavy atom. The van der Waals surface area contributed by atoms with Crippen molar-refractivity contribution in [3.63, 3.8) is 0 Å². The molecule has 0 saturated heterocycles. The van der Waals surface area contributed by atoms with E-state index in [1.807, 2.05) is 0 Å². The lowest BCUT2D eigenvalue weighted by Gasteiger charge is -2.01. The van der Waals surface area contributed by atoms with Gasteiger partial charge in [-0.2, -0.15) is 0 Å². The molecule has 0 aromatic carbocycles. The first kappa shape index (κ1) is 20.6. The van der Waals surface area contributed by atoms with Crippen molar-refractivity contribution in [2.45, 2.75) is 84.5 Å². The third kappa shape index (κ3) is 13.6. The Kier molecular flexibility index (Phi) is 13.6. The van der Waals surface area contributed by atoms with E-state index in [2.05, 4.69) is 18.2 Å². The van der Waals surface area contributed by atoms with Crippen molar-refractivity contribution >= 4 is 11.9 Å². The molecule has 3 nitrogen and oxygen atoms in total. The fourth-order valence-electron chi connectivity index (χ4n) is 2.14. The van der Waals surface area contributed by atoms with Crippen molar-refractivity contribution in [1.29, 1.82) is 0 Å². The normalized spacial score (nSPS) is 10.8. The summed E-state index contributed by atoms with van der Waals surface area (Å²) in [5.41, 5.74) is 0.233. The first-order valence-electron chi connectivity index (χ1n) is 8.66. The number of hydrogen-bond donors (Lipinski definition) is 0. The second-order valence-corrected chi connectivity index (χ2v) is 5.86. The number of rotatable bonds is 13. The minimum absolute atomic E-state index is 0.233. The molecule has 0 spiro atoms. The molecule has 0 aromatic heterocycles. The highest BCUT2D eigenvalue weighted by Gasteiger charge is 2.07. The summed E-state index contributed by atoms with van der Waals surface area (Å²) >= 11 is 0. The largest absolute Gasteiger partial charge is 0.386 e. The lowest BCUT2D eigenvalue weighted by molar-refractivity contribution is -0.153. The van der Waals surface area contributed by atoms with E-state index in [9.17, 15) is 9.59 Å². The van der Waals surface area contributed by atoms with Crippen LogP contribution in [0, 0.1) is 0 Å². The van der Waals surface area contributed by atoms with Gasteiger partial charge in [0.15, 0.2) is 0 Å². The summed E-state index contributed by atoms with van der Waals surface area (Å²) in [7, 11) is 0. The number of esters is 2. The van der Waals surface area contributed by atoms with Gasteiger partial charge in [-0.1, -0.05) is 77.4 Å². The molecule has 0 aliphatic rings. The van der Waals surface area contributed by atoms with Crippen LogP contribution in [0.5, 0.6) is 0 Å². The van der Waals surface area contributed by atoms with Gasteiger partial charge < -0.3 is 4.74 Å². The summed E-state index contributed by atoms with van der Waals surface area (Å²) in [6, 6.07) is 0. The molecule has 0 fully saturated rings. The summed E-state index contributed by atoms with van der Waals surface area (Å²) in [5, 5.41) is 0. The van der Waals surface area contributed by atoms with Gasteiger partial charge in [0, 0.05) is 11.6 Å². The number of carbonyl (C=O) groups excluding carboxylic acids is 2. The van der Waals surface area contributed by atoms with Gasteiger partial charge in [0.25, 0.3) is 0 Å². The Hall–Kier alpha value is -1.38. The van der Waals surface area contributed by atoms with Gasteiger partial charge in [-0.3, -0.25) is 0 Å². The Balaban J connectivity index is 3.38. The monoisotopic (exact) mass is 308 g/mol. The summed E-state index contributed by atoms with van der Waals surface area (Å²) < 4.78 is 4.55. The van der Waals surface area contributed by atoms with Crippen LogP contribution in [0.3, 0.4) is 0 Å². The van der Waals surface area contributed by atoms with Crippen LogP contribution in [0.4, 0.5) is 0 Å². The fourth-order valence-corrected chi connectivity index (χ4v) is 2.14. The van der Waals surface area contributed by atoms with Gasteiger partial charge in [-0.15, -0.1) is 0 Å². The highest BCUT2D eigenvalue weighted by atomic mass is 16.6. The topological polar surface area (TPSA) is 43.4 Å². The predicted molar refractivity (Wildman–Crippen MR) is 91.5 cm³/mol. The Morgan fingerprint density at radius 2 is 1.41 bits per heavy atom. The predicted octanol–water partition coefficient (Wildman–Crippen LogP) is 5.50. The van der Waals surface area contributed by atoms with Gasteiger partial charge in [-0.05, 0) is 19.8 Å². The summed E-state index contributed by atoms with van der Waals surface area (Å²) in [4.78, 5) is 22.4. The molecular weight excluding hydrogens is 276 g/mol. The molecular formula is C19H32O3. The summed E-state index contributed by atoms with van der Waals surface area (Å²) in [5.74, 6) is -1.27. The van der Waals surface area contributed by atoms with E-state index in [1.165, 1.54) is 70.8 Å². The Labute approximate surface area is 135 Å². The molecule has 0 radical (unpaired) electrons. The van der Waals surface area contributed by atoms with Crippen molar-refractivity contribution in [2.24, 2.45) is 0 Å². The second kappa shape index (κ2) is 14.6. The first-order chi connectivity index (χ1) is 10.6. The highest BCUT2D eigenvalue weighted by Crippen LogP contribution is 2.11. The van der Waals surface area contributed by atoms with Gasteiger partial charge in [0.2, 0.25) is 0 Å². The molecule has 22 heavy (non-hydrogen) atoms. The van der Waals surface area contributed by atoms with E-state index in [1.54, 1.807) is 6.08 Å². The SMILES string of the molecule is C=C(C)C(=O)OC(=O)C=CCCCCCCCCCCCC. The third-order valence-electron chi connectivity index (χ3n) is 3.52. The molecule has 0 rings (SSSR count). The van der Waals surface area contributed by atoms with E-state index >= 15 is 0 Å². The molecule has 0 aliphatic carbocycles. The van der Waals surface area contributed by atoms with Crippen molar-refractivity contribution in [1.82, 2.24) is 0 Å². The maximum Gasteiger partial charge on any atom is 0.340 e. The molecule has 0 N–H and O–H groups in total. The van der Waals surface area contributed by atoms with E-state index in [-0.39, 0.29) is 5.57 Å². The van der Waals surface area contributed by atoms with Gasteiger partial charge in [-0.25, -0.2) is 9.59 Å². The molecule has 0 aromatic rings. The summed E-state index contributed by atoms with van der Waals surface area (Å²) in [6.07, 6.45) is 16.9. The molecule has 0 atom stereocenters. The number of carbonyl (C=O) groups is 2. The molecule has 0 saturated carbocycles. The number of hydrogen-bond acceptors (Lipinski definition) is 3. The van der Waals surface area contributed by atoms with E-state index in [4.69, 9.17) is 0 Å². The van der Waals surface area contributed by atoms with Crippen LogP contribution >= 0.6 is 0 Å². The van der Waals surface area contributed by atoms with Crippen LogP contribution in [0.2, 0.25) is 0 Å². The van der Waals surface area contributed by atoms with Crippen LogP contribution < -0.4 is 0 Å². The zero-order chi connectivity index (χ0) is 16.6. The molecule has 3 heteroatoms. The van der Waals surface area contributed by atoms with Crippen molar-refractivity contribution in [3.8, 4) is 0 Å². The molecule has 0 amide bonds. The maximum atomic E-state index is 11.3. The molecule has 0 aliphatic heterocycles. The van der Waals surface area contributed by atoms with Crippen LogP contribution in [0.25, 0.3) is 0 Å². The lowest BCUT2D eigenvalue weighted by Crippen LogP contribution is -2.10. The molecule has 0 heterocycles. The Morgan fingerprint density at radius 1 is 0.909 bits per heavy atom. The van der Waals surface area contributed by atoms with Crippen molar-refractivity contribution in [2.75, 3.05) is 0 Å². The van der Waals surface area contributed by atoms with Crippen LogP contribution in [0.15, 0.2) is 24.3 Å². The van der Waals surface area contributed by atoms with E-state index in [0.717, 1.165) is 12.8 Å². The zero-order valence-electron chi connectivity index (χ0n) is 14.4. The number of ether oxygens (including phenoxy) is 1. The minimum Gasteiger partial charge on any atom is -0.386 e. The average Bonchev–Trinajstić information content (AvgIpc) is 2.48. The van der Waals surface area contributed by atoms with Crippen LogP contribution in [0.1, 0.15) is 84.5 Å². The third-order valence-corrected chi connectivity index (χ3v) is 3.52. The average molecular weight is 308 g/mol. The molecule has 0 unspecified atom stereocenters.